The molecule has 1 N–H and O–H groups in total. The first kappa shape index (κ1) is 25.8. The number of nitrogens with zero attached hydrogens (tertiary/aromatic N) is 2. The van der Waals surface area contributed by atoms with E-state index < -0.39 is 22.8 Å². The SMILES string of the molecule is COc1cc(/C=C2\C(=O)NC(=O)N(c3cccc([N+](=O)[O-])c3)C2=O)cc(I)c1OCc1cccc(C)c1. The lowest BCUT2D eigenvalue weighted by molar-refractivity contribution is -0.384. The fraction of sp³-hybridized carbons (Fsp3) is 0.115. The molecule has 1 aliphatic rings. The molecule has 4 rings (SSSR count). The number of urea groups is 1. The molecule has 3 aromatic carbocycles. The summed E-state index contributed by atoms with van der Waals surface area (Å²) in [5, 5.41) is 13.2. The minimum Gasteiger partial charge on any atom is -0.493 e. The van der Waals surface area contributed by atoms with E-state index in [0.29, 0.717) is 32.1 Å². The third kappa shape index (κ3) is 5.61. The Morgan fingerprint density at radius 2 is 1.84 bits per heavy atom. The Labute approximate surface area is 225 Å². The molecule has 1 fully saturated rings. The number of carbonyl (C=O) groups is 3. The van der Waals surface area contributed by atoms with Gasteiger partial charge in [0.2, 0.25) is 0 Å². The van der Waals surface area contributed by atoms with Gasteiger partial charge in [0.25, 0.3) is 17.5 Å². The molecule has 3 aromatic rings. The Morgan fingerprint density at radius 3 is 2.54 bits per heavy atom. The van der Waals surface area contributed by atoms with Crippen molar-refractivity contribution < 1.29 is 28.8 Å². The summed E-state index contributed by atoms with van der Waals surface area (Å²) in [5.41, 5.74) is 1.88. The van der Waals surface area contributed by atoms with Gasteiger partial charge in [0.15, 0.2) is 11.5 Å². The molecule has 0 aromatic heterocycles. The Bertz CT molecular complexity index is 1470. The molecule has 188 valence electrons. The number of nitrogens with one attached hydrogen (secondary N) is 1. The van der Waals surface area contributed by atoms with Gasteiger partial charge >= 0.3 is 6.03 Å². The summed E-state index contributed by atoms with van der Waals surface area (Å²) in [5.74, 6) is -0.908. The van der Waals surface area contributed by atoms with Gasteiger partial charge in [-0.25, -0.2) is 9.69 Å². The smallest absolute Gasteiger partial charge is 0.335 e. The molecule has 10 nitrogen and oxygen atoms in total. The summed E-state index contributed by atoms with van der Waals surface area (Å²) in [7, 11) is 1.48. The van der Waals surface area contributed by atoms with Crippen molar-refractivity contribution in [3.8, 4) is 11.5 Å². The number of imide groups is 2. The highest BCUT2D eigenvalue weighted by Gasteiger charge is 2.37. The van der Waals surface area contributed by atoms with E-state index in [1.165, 1.54) is 31.4 Å². The molecular weight excluding hydrogens is 593 g/mol. The molecule has 4 amide bonds. The molecule has 0 atom stereocenters. The Morgan fingerprint density at radius 1 is 1.08 bits per heavy atom. The van der Waals surface area contributed by atoms with E-state index in [1.807, 2.05) is 31.2 Å². The van der Waals surface area contributed by atoms with Crippen LogP contribution in [0.1, 0.15) is 16.7 Å². The largest absolute Gasteiger partial charge is 0.493 e. The van der Waals surface area contributed by atoms with Crippen LogP contribution in [-0.2, 0) is 16.2 Å². The zero-order valence-electron chi connectivity index (χ0n) is 19.7. The molecule has 37 heavy (non-hydrogen) atoms. The number of nitro benzene ring substituents is 1. The third-order valence-electron chi connectivity index (χ3n) is 5.43. The van der Waals surface area contributed by atoms with E-state index in [-0.39, 0.29) is 16.9 Å². The van der Waals surface area contributed by atoms with E-state index >= 15 is 0 Å². The van der Waals surface area contributed by atoms with Crippen LogP contribution in [-0.4, -0.2) is 29.9 Å². The molecule has 1 heterocycles. The van der Waals surface area contributed by atoms with Crippen LogP contribution in [0.3, 0.4) is 0 Å². The Balaban J connectivity index is 1.65. The second kappa shape index (κ2) is 10.8. The Hall–Kier alpha value is -4.26. The first-order valence-electron chi connectivity index (χ1n) is 10.9. The van der Waals surface area contributed by atoms with Gasteiger partial charge in [-0.05, 0) is 64.9 Å². The van der Waals surface area contributed by atoms with E-state index in [1.54, 1.807) is 12.1 Å². The lowest BCUT2D eigenvalue weighted by Crippen LogP contribution is -2.54. The number of halogens is 1. The van der Waals surface area contributed by atoms with Crippen LogP contribution in [0, 0.1) is 20.6 Å². The van der Waals surface area contributed by atoms with Crippen LogP contribution in [0.4, 0.5) is 16.2 Å². The highest BCUT2D eigenvalue weighted by atomic mass is 127. The van der Waals surface area contributed by atoms with Crippen molar-refractivity contribution in [1.29, 1.82) is 0 Å². The first-order chi connectivity index (χ1) is 17.7. The minimum atomic E-state index is -1.00. The lowest BCUT2D eigenvalue weighted by Gasteiger charge is -2.26. The Kier molecular flexibility index (Phi) is 7.53. The molecule has 0 radical (unpaired) electrons. The van der Waals surface area contributed by atoms with E-state index in [9.17, 15) is 24.5 Å². The summed E-state index contributed by atoms with van der Waals surface area (Å²) in [4.78, 5) is 49.3. The standard InChI is InChI=1S/C26H20IN3O7/c1-15-5-3-6-16(9-15)14-37-23-21(27)11-17(12-22(23)36-2)10-20-24(31)28-26(33)29(25(20)32)18-7-4-8-19(13-18)30(34)35/h3-13H,14H2,1-2H3,(H,28,31,33)/b20-10+. The van der Waals surface area contributed by atoms with Crippen molar-refractivity contribution >= 4 is 57.9 Å². The highest BCUT2D eigenvalue weighted by Crippen LogP contribution is 2.36. The van der Waals surface area contributed by atoms with Crippen molar-refractivity contribution in [3.05, 3.63) is 96.6 Å². The predicted octanol–water partition coefficient (Wildman–Crippen LogP) is 4.76. The number of ether oxygens (including phenoxy) is 2. The van der Waals surface area contributed by atoms with E-state index in [4.69, 9.17) is 9.47 Å². The highest BCUT2D eigenvalue weighted by molar-refractivity contribution is 14.1. The lowest BCUT2D eigenvalue weighted by atomic mass is 10.1. The monoisotopic (exact) mass is 613 g/mol. The fourth-order valence-electron chi connectivity index (χ4n) is 3.72. The summed E-state index contributed by atoms with van der Waals surface area (Å²) < 4.78 is 12.2. The number of aryl methyl sites for hydroxylation is 1. The summed E-state index contributed by atoms with van der Waals surface area (Å²) in [6, 6.07) is 15.2. The number of non-ortho nitro benzene ring substituents is 1. The van der Waals surface area contributed by atoms with Crippen LogP contribution in [0.5, 0.6) is 11.5 Å². The molecule has 1 aliphatic heterocycles. The van der Waals surface area contributed by atoms with Crippen molar-refractivity contribution in [2.24, 2.45) is 0 Å². The van der Waals surface area contributed by atoms with Crippen LogP contribution in [0.15, 0.2) is 66.2 Å². The zero-order chi connectivity index (χ0) is 26.7. The number of amides is 4. The van der Waals surface area contributed by atoms with Crippen LogP contribution in [0.2, 0.25) is 0 Å². The maximum absolute atomic E-state index is 13.2. The van der Waals surface area contributed by atoms with Gasteiger partial charge in [-0.15, -0.1) is 0 Å². The average molecular weight is 613 g/mol. The number of methoxy groups -OCH3 is 1. The van der Waals surface area contributed by atoms with Crippen LogP contribution >= 0.6 is 22.6 Å². The average Bonchev–Trinajstić information content (AvgIpc) is 2.85. The number of hydrogen-bond donors (Lipinski definition) is 1. The predicted molar refractivity (Wildman–Crippen MR) is 143 cm³/mol. The minimum absolute atomic E-state index is 0.0397. The van der Waals surface area contributed by atoms with E-state index in [2.05, 4.69) is 27.9 Å². The van der Waals surface area contributed by atoms with Crippen molar-refractivity contribution in [3.63, 3.8) is 0 Å². The molecule has 11 heteroatoms. The van der Waals surface area contributed by atoms with Gasteiger partial charge in [0.05, 0.1) is 21.3 Å². The molecule has 0 unspecified atom stereocenters. The maximum Gasteiger partial charge on any atom is 0.335 e. The number of barbiturate groups is 1. The summed E-state index contributed by atoms with van der Waals surface area (Å²) >= 11 is 2.07. The summed E-state index contributed by atoms with van der Waals surface area (Å²) in [6.45, 7) is 2.31. The van der Waals surface area contributed by atoms with Gasteiger partial charge < -0.3 is 9.47 Å². The molecule has 0 spiro atoms. The molecular formula is C26H20IN3O7. The van der Waals surface area contributed by atoms with E-state index in [0.717, 1.165) is 17.2 Å². The second-order valence-electron chi connectivity index (χ2n) is 8.05. The normalized spacial score (nSPS) is 14.5. The van der Waals surface area contributed by atoms with Crippen molar-refractivity contribution in [1.82, 2.24) is 5.32 Å². The van der Waals surface area contributed by atoms with Gasteiger partial charge in [-0.3, -0.25) is 25.0 Å². The first-order valence-corrected chi connectivity index (χ1v) is 12.0. The topological polar surface area (TPSA) is 128 Å². The second-order valence-corrected chi connectivity index (χ2v) is 9.21. The van der Waals surface area contributed by atoms with Crippen LogP contribution in [0.25, 0.3) is 6.08 Å². The number of benzene rings is 3. The number of rotatable bonds is 7. The number of anilines is 1. The zero-order valence-corrected chi connectivity index (χ0v) is 21.8. The maximum atomic E-state index is 13.2. The third-order valence-corrected chi connectivity index (χ3v) is 6.23. The van der Waals surface area contributed by atoms with Gasteiger partial charge in [-0.1, -0.05) is 35.9 Å². The molecule has 0 saturated carbocycles. The quantitative estimate of drug-likeness (QED) is 0.134. The van der Waals surface area contributed by atoms with Gasteiger partial charge in [0.1, 0.15) is 12.2 Å². The molecule has 1 saturated heterocycles. The van der Waals surface area contributed by atoms with Gasteiger partial charge in [0, 0.05) is 12.1 Å². The summed E-state index contributed by atoms with van der Waals surface area (Å²) in [6.07, 6.45) is 1.32. The number of hydrogen-bond acceptors (Lipinski definition) is 7. The molecule has 0 bridgehead atoms. The van der Waals surface area contributed by atoms with Crippen molar-refractivity contribution in [2.45, 2.75) is 13.5 Å². The van der Waals surface area contributed by atoms with Crippen molar-refractivity contribution in [2.75, 3.05) is 12.0 Å². The number of nitro groups is 1. The van der Waals surface area contributed by atoms with Crippen LogP contribution < -0.4 is 19.7 Å². The fourth-order valence-corrected chi connectivity index (χ4v) is 4.51. The molecule has 0 aliphatic carbocycles. The van der Waals surface area contributed by atoms with Gasteiger partial charge in [-0.2, -0.15) is 0 Å². The number of carbonyl (C=O) groups excluding carboxylic acids is 3.